The van der Waals surface area contributed by atoms with Crippen molar-refractivity contribution in [3.63, 3.8) is 0 Å². The number of carbonyl (C=O) groups excluding carboxylic acids is 2. The van der Waals surface area contributed by atoms with E-state index >= 15 is 0 Å². The van der Waals surface area contributed by atoms with Crippen molar-refractivity contribution in [3.8, 4) is 0 Å². The summed E-state index contributed by atoms with van der Waals surface area (Å²) < 4.78 is 1.05. The standard InChI is InChI=1S/C6H8N4O2/c1-4(11)8-6-7-3-10(9-6)5(2)12/h3H,1-2H3,(H,8,9,11). The minimum Gasteiger partial charge on any atom is -0.293 e. The number of aromatic nitrogens is 3. The molecule has 0 bridgehead atoms. The van der Waals surface area contributed by atoms with E-state index < -0.39 is 0 Å². The van der Waals surface area contributed by atoms with E-state index in [2.05, 4.69) is 15.4 Å². The van der Waals surface area contributed by atoms with Gasteiger partial charge in [-0.3, -0.25) is 14.9 Å². The Kier molecular flexibility index (Phi) is 2.18. The van der Waals surface area contributed by atoms with Crippen LogP contribution in [-0.4, -0.2) is 26.6 Å². The average molecular weight is 168 g/mol. The Hall–Kier alpha value is -1.72. The number of amides is 1. The first-order chi connectivity index (χ1) is 5.59. The lowest BCUT2D eigenvalue weighted by Crippen LogP contribution is -2.10. The highest BCUT2D eigenvalue weighted by atomic mass is 16.2. The van der Waals surface area contributed by atoms with Crippen LogP contribution in [0.1, 0.15) is 18.6 Å². The highest BCUT2D eigenvalue weighted by molar-refractivity contribution is 5.86. The summed E-state index contributed by atoms with van der Waals surface area (Å²) >= 11 is 0. The molecule has 1 aromatic rings. The largest absolute Gasteiger partial charge is 0.293 e. The molecular weight excluding hydrogens is 160 g/mol. The lowest BCUT2D eigenvalue weighted by molar-refractivity contribution is -0.114. The summed E-state index contributed by atoms with van der Waals surface area (Å²) in [5.74, 6) is -0.381. The highest BCUT2D eigenvalue weighted by Gasteiger charge is 2.03. The fraction of sp³-hybridized carbons (Fsp3) is 0.333. The first kappa shape index (κ1) is 8.38. The van der Waals surface area contributed by atoms with Gasteiger partial charge in [0, 0.05) is 13.8 Å². The molecular formula is C6H8N4O2. The molecule has 0 saturated carbocycles. The third-order valence-corrected chi connectivity index (χ3v) is 1.10. The van der Waals surface area contributed by atoms with Gasteiger partial charge < -0.3 is 0 Å². The van der Waals surface area contributed by atoms with Crippen LogP contribution < -0.4 is 5.32 Å². The number of rotatable bonds is 1. The monoisotopic (exact) mass is 168 g/mol. The molecule has 0 aliphatic carbocycles. The molecule has 0 radical (unpaired) electrons. The lowest BCUT2D eigenvalue weighted by Gasteiger charge is -1.92. The summed E-state index contributed by atoms with van der Waals surface area (Å²) in [4.78, 5) is 24.9. The van der Waals surface area contributed by atoms with Crippen LogP contribution in [0.3, 0.4) is 0 Å². The molecule has 0 unspecified atom stereocenters. The Morgan fingerprint density at radius 3 is 2.58 bits per heavy atom. The topological polar surface area (TPSA) is 76.9 Å². The zero-order valence-electron chi connectivity index (χ0n) is 6.74. The first-order valence-electron chi connectivity index (χ1n) is 3.30. The third-order valence-electron chi connectivity index (χ3n) is 1.10. The van der Waals surface area contributed by atoms with Crippen molar-refractivity contribution in [2.45, 2.75) is 13.8 Å². The first-order valence-corrected chi connectivity index (χ1v) is 3.30. The predicted molar refractivity (Wildman–Crippen MR) is 40.6 cm³/mol. The van der Waals surface area contributed by atoms with Crippen LogP contribution in [0.15, 0.2) is 6.33 Å². The van der Waals surface area contributed by atoms with Gasteiger partial charge in [-0.05, 0) is 0 Å². The van der Waals surface area contributed by atoms with E-state index in [1.165, 1.54) is 20.2 Å². The molecule has 0 aliphatic heterocycles. The maximum absolute atomic E-state index is 10.7. The van der Waals surface area contributed by atoms with Crippen LogP contribution in [0.4, 0.5) is 5.95 Å². The fourth-order valence-electron chi connectivity index (χ4n) is 0.630. The van der Waals surface area contributed by atoms with Gasteiger partial charge in [0.1, 0.15) is 6.33 Å². The summed E-state index contributed by atoms with van der Waals surface area (Å²) in [5.41, 5.74) is 0. The lowest BCUT2D eigenvalue weighted by atomic mass is 10.7. The van der Waals surface area contributed by atoms with Crippen LogP contribution >= 0.6 is 0 Å². The van der Waals surface area contributed by atoms with Gasteiger partial charge in [0.05, 0.1) is 0 Å². The number of hydrogen-bond donors (Lipinski definition) is 1. The van der Waals surface area contributed by atoms with E-state index in [1.807, 2.05) is 0 Å². The second-order valence-corrected chi connectivity index (χ2v) is 2.21. The molecule has 1 N–H and O–H groups in total. The Balaban J connectivity index is 2.77. The maximum Gasteiger partial charge on any atom is 0.249 e. The zero-order chi connectivity index (χ0) is 9.14. The molecule has 0 saturated heterocycles. The van der Waals surface area contributed by atoms with Crippen molar-refractivity contribution in [1.29, 1.82) is 0 Å². The molecule has 0 atom stereocenters. The van der Waals surface area contributed by atoms with Crippen LogP contribution in [0.25, 0.3) is 0 Å². The van der Waals surface area contributed by atoms with Gasteiger partial charge >= 0.3 is 0 Å². The molecule has 0 fully saturated rings. The van der Waals surface area contributed by atoms with Crippen molar-refractivity contribution in [2.75, 3.05) is 5.32 Å². The molecule has 1 amide bonds. The van der Waals surface area contributed by atoms with Gasteiger partial charge in [-0.1, -0.05) is 0 Å². The van der Waals surface area contributed by atoms with Gasteiger partial charge in [0.15, 0.2) is 0 Å². The SMILES string of the molecule is CC(=O)Nc1ncn(C(C)=O)n1. The summed E-state index contributed by atoms with van der Waals surface area (Å²) in [5, 5.41) is 6.02. The van der Waals surface area contributed by atoms with Crippen molar-refractivity contribution in [3.05, 3.63) is 6.33 Å². The van der Waals surface area contributed by atoms with Crippen LogP contribution in [0.5, 0.6) is 0 Å². The summed E-state index contributed by atoms with van der Waals surface area (Å²) in [7, 11) is 0. The van der Waals surface area contributed by atoms with Gasteiger partial charge in [-0.25, -0.2) is 0 Å². The Labute approximate surface area is 68.6 Å². The predicted octanol–water partition coefficient (Wildman–Crippen LogP) is -0.103. The quantitative estimate of drug-likeness (QED) is 0.635. The fourth-order valence-corrected chi connectivity index (χ4v) is 0.630. The van der Waals surface area contributed by atoms with Crippen molar-refractivity contribution >= 4 is 17.8 Å². The summed E-state index contributed by atoms with van der Waals surface area (Å²) in [6.07, 6.45) is 1.24. The molecule has 6 heteroatoms. The third kappa shape index (κ3) is 1.88. The molecule has 64 valence electrons. The maximum atomic E-state index is 10.7. The molecule has 0 aromatic carbocycles. The van der Waals surface area contributed by atoms with E-state index in [0.717, 1.165) is 4.68 Å². The van der Waals surface area contributed by atoms with Crippen LogP contribution in [0.2, 0.25) is 0 Å². The molecule has 12 heavy (non-hydrogen) atoms. The molecule has 0 aliphatic rings. The minimum atomic E-state index is -0.267. The Morgan fingerprint density at radius 1 is 1.50 bits per heavy atom. The van der Waals surface area contributed by atoms with E-state index in [4.69, 9.17) is 0 Å². The molecule has 1 heterocycles. The highest BCUT2D eigenvalue weighted by Crippen LogP contribution is 1.95. The number of nitrogens with zero attached hydrogens (tertiary/aromatic N) is 3. The molecule has 1 rings (SSSR count). The van der Waals surface area contributed by atoms with Crippen molar-refractivity contribution < 1.29 is 9.59 Å². The number of hydrogen-bond acceptors (Lipinski definition) is 4. The van der Waals surface area contributed by atoms with E-state index in [-0.39, 0.29) is 17.8 Å². The van der Waals surface area contributed by atoms with E-state index in [9.17, 15) is 9.59 Å². The van der Waals surface area contributed by atoms with Gasteiger partial charge in [0.2, 0.25) is 17.8 Å². The zero-order valence-corrected chi connectivity index (χ0v) is 6.74. The molecule has 6 nitrogen and oxygen atoms in total. The number of nitrogens with one attached hydrogen (secondary N) is 1. The van der Waals surface area contributed by atoms with Gasteiger partial charge in [-0.2, -0.15) is 9.67 Å². The smallest absolute Gasteiger partial charge is 0.249 e. The second-order valence-electron chi connectivity index (χ2n) is 2.21. The normalized spacial score (nSPS) is 9.50. The summed E-state index contributed by atoms with van der Waals surface area (Å²) in [6, 6.07) is 0. The van der Waals surface area contributed by atoms with Crippen molar-refractivity contribution in [1.82, 2.24) is 14.8 Å². The Morgan fingerprint density at radius 2 is 2.17 bits per heavy atom. The average Bonchev–Trinajstić information content (AvgIpc) is 2.34. The van der Waals surface area contributed by atoms with Crippen LogP contribution in [0, 0.1) is 0 Å². The second kappa shape index (κ2) is 3.12. The number of carbonyl (C=O) groups is 2. The minimum absolute atomic E-state index is 0.137. The number of anilines is 1. The Bertz CT molecular complexity index is 317. The summed E-state index contributed by atoms with van der Waals surface area (Å²) in [6.45, 7) is 2.70. The van der Waals surface area contributed by atoms with E-state index in [1.54, 1.807) is 0 Å². The molecule has 0 spiro atoms. The van der Waals surface area contributed by atoms with Crippen molar-refractivity contribution in [2.24, 2.45) is 0 Å². The van der Waals surface area contributed by atoms with E-state index in [0.29, 0.717) is 0 Å². The van der Waals surface area contributed by atoms with Crippen LogP contribution in [-0.2, 0) is 4.79 Å². The van der Waals surface area contributed by atoms with Gasteiger partial charge in [-0.15, -0.1) is 5.10 Å². The molecule has 1 aromatic heterocycles. The van der Waals surface area contributed by atoms with Gasteiger partial charge in [0.25, 0.3) is 0 Å².